The number of hydrogen-bond donors (Lipinski definition) is 2. The number of aromatic amines is 1. The lowest BCUT2D eigenvalue weighted by Gasteiger charge is -2.22. The van der Waals surface area contributed by atoms with Gasteiger partial charge in [0.25, 0.3) is 0 Å². The van der Waals surface area contributed by atoms with Crippen molar-refractivity contribution in [1.82, 2.24) is 14.9 Å². The number of aromatic nitrogens is 2. The van der Waals surface area contributed by atoms with Gasteiger partial charge in [-0.1, -0.05) is 0 Å². The predicted molar refractivity (Wildman–Crippen MR) is 65.6 cm³/mol. The molecule has 1 aliphatic carbocycles. The minimum atomic E-state index is -3.55. The third kappa shape index (κ3) is 2.62. The Morgan fingerprint density at radius 1 is 1.28 bits per heavy atom. The Morgan fingerprint density at radius 3 is 2.39 bits per heavy atom. The Balaban J connectivity index is 2.15. The summed E-state index contributed by atoms with van der Waals surface area (Å²) in [4.78, 5) is 11.3. The van der Waals surface area contributed by atoms with Crippen LogP contribution < -0.4 is 4.72 Å². The van der Waals surface area contributed by atoms with Crippen molar-refractivity contribution < 1.29 is 13.2 Å². The van der Waals surface area contributed by atoms with Crippen LogP contribution in [0, 0.1) is 13.8 Å². The summed E-state index contributed by atoms with van der Waals surface area (Å²) < 4.78 is 27.1. The summed E-state index contributed by atoms with van der Waals surface area (Å²) >= 11 is 0. The average Bonchev–Trinajstić information content (AvgIpc) is 2.62. The van der Waals surface area contributed by atoms with Crippen molar-refractivity contribution in [1.29, 1.82) is 0 Å². The molecule has 0 amide bonds. The molecule has 100 valence electrons. The number of Topliss-reactive ketones (excluding diaryl/α,β-unsaturated/α-hetero) is 1. The van der Waals surface area contributed by atoms with Gasteiger partial charge in [0.05, 0.1) is 11.4 Å². The standard InChI is InChI=1S/C11H17N3O3S/c1-7-11(8(2)13-12-7)18(16,17)14-9-3-5-10(15)6-4-9/h9,14H,3-6H2,1-2H3,(H,12,13). The van der Waals surface area contributed by atoms with E-state index in [0.29, 0.717) is 37.1 Å². The molecule has 1 fully saturated rings. The van der Waals surface area contributed by atoms with E-state index >= 15 is 0 Å². The molecule has 1 aromatic rings. The Labute approximate surface area is 106 Å². The molecule has 1 aliphatic rings. The SMILES string of the molecule is Cc1n[nH]c(C)c1S(=O)(=O)NC1CCC(=O)CC1. The third-order valence-electron chi connectivity index (χ3n) is 3.19. The summed E-state index contributed by atoms with van der Waals surface area (Å²) in [5, 5.41) is 6.55. The Bertz CT molecular complexity index is 533. The van der Waals surface area contributed by atoms with Crippen LogP contribution in [0.25, 0.3) is 0 Å². The van der Waals surface area contributed by atoms with E-state index in [1.165, 1.54) is 0 Å². The number of hydrogen-bond acceptors (Lipinski definition) is 4. The molecule has 6 nitrogen and oxygen atoms in total. The van der Waals surface area contributed by atoms with Gasteiger partial charge in [0.2, 0.25) is 10.0 Å². The third-order valence-corrected chi connectivity index (χ3v) is 4.98. The van der Waals surface area contributed by atoms with E-state index in [4.69, 9.17) is 0 Å². The van der Waals surface area contributed by atoms with Gasteiger partial charge in [0, 0.05) is 18.9 Å². The fourth-order valence-corrected chi connectivity index (χ4v) is 3.95. The van der Waals surface area contributed by atoms with E-state index in [1.807, 2.05) is 0 Å². The molecule has 7 heteroatoms. The van der Waals surface area contributed by atoms with E-state index < -0.39 is 10.0 Å². The van der Waals surface area contributed by atoms with Crippen molar-refractivity contribution in [2.75, 3.05) is 0 Å². The summed E-state index contributed by atoms with van der Waals surface area (Å²) in [5.74, 6) is 0.209. The monoisotopic (exact) mass is 271 g/mol. The zero-order valence-corrected chi connectivity index (χ0v) is 11.3. The fourth-order valence-electron chi connectivity index (χ4n) is 2.27. The summed E-state index contributed by atoms with van der Waals surface area (Å²) in [6, 6.07) is -0.151. The van der Waals surface area contributed by atoms with Gasteiger partial charge in [-0.15, -0.1) is 0 Å². The molecule has 0 aliphatic heterocycles. The average molecular weight is 271 g/mol. The molecule has 18 heavy (non-hydrogen) atoms. The number of rotatable bonds is 3. The first-order valence-electron chi connectivity index (χ1n) is 5.96. The molecule has 0 aromatic carbocycles. The van der Waals surface area contributed by atoms with Crippen LogP contribution >= 0.6 is 0 Å². The van der Waals surface area contributed by atoms with Crippen molar-refractivity contribution >= 4 is 15.8 Å². The van der Waals surface area contributed by atoms with Gasteiger partial charge >= 0.3 is 0 Å². The maximum absolute atomic E-state index is 12.2. The highest BCUT2D eigenvalue weighted by Crippen LogP contribution is 2.20. The summed E-state index contributed by atoms with van der Waals surface area (Å²) in [6.45, 7) is 3.33. The lowest BCUT2D eigenvalue weighted by molar-refractivity contribution is -0.120. The topological polar surface area (TPSA) is 91.9 Å². The number of aryl methyl sites for hydroxylation is 2. The molecule has 0 unspecified atom stereocenters. The molecule has 1 heterocycles. The number of carbonyl (C=O) groups is 1. The summed E-state index contributed by atoms with van der Waals surface area (Å²) in [7, 11) is -3.55. The van der Waals surface area contributed by atoms with E-state index in [-0.39, 0.29) is 16.7 Å². The van der Waals surface area contributed by atoms with Crippen LogP contribution in [0.3, 0.4) is 0 Å². The second-order valence-corrected chi connectivity index (χ2v) is 6.35. The number of sulfonamides is 1. The maximum atomic E-state index is 12.2. The molecule has 0 bridgehead atoms. The molecule has 2 rings (SSSR count). The summed E-state index contributed by atoms with van der Waals surface area (Å²) in [5.41, 5.74) is 0.999. The molecule has 1 aromatic heterocycles. The predicted octanol–water partition coefficient (Wildman–Crippen LogP) is 0.817. The smallest absolute Gasteiger partial charge is 0.244 e. The molecule has 0 atom stereocenters. The van der Waals surface area contributed by atoms with Crippen molar-refractivity contribution in [2.24, 2.45) is 0 Å². The van der Waals surface area contributed by atoms with E-state index in [2.05, 4.69) is 14.9 Å². The van der Waals surface area contributed by atoms with Crippen LogP contribution in [-0.2, 0) is 14.8 Å². The Kier molecular flexibility index (Phi) is 3.54. The van der Waals surface area contributed by atoms with Crippen molar-refractivity contribution in [3.05, 3.63) is 11.4 Å². The molecule has 0 spiro atoms. The van der Waals surface area contributed by atoms with E-state index in [0.717, 1.165) is 0 Å². The van der Waals surface area contributed by atoms with Gasteiger partial charge in [0.1, 0.15) is 10.7 Å². The second-order valence-electron chi connectivity index (χ2n) is 4.70. The molecule has 0 saturated heterocycles. The van der Waals surface area contributed by atoms with Gasteiger partial charge in [-0.3, -0.25) is 9.89 Å². The molecular weight excluding hydrogens is 254 g/mol. The minimum Gasteiger partial charge on any atom is -0.300 e. The van der Waals surface area contributed by atoms with Crippen molar-refractivity contribution in [3.63, 3.8) is 0 Å². The zero-order valence-electron chi connectivity index (χ0n) is 10.5. The number of H-pyrrole nitrogens is 1. The Hall–Kier alpha value is -1.21. The normalized spacial score (nSPS) is 18.2. The van der Waals surface area contributed by atoms with Crippen LogP contribution in [0.1, 0.15) is 37.1 Å². The highest BCUT2D eigenvalue weighted by atomic mass is 32.2. The molecular formula is C11H17N3O3S. The van der Waals surface area contributed by atoms with Crippen molar-refractivity contribution in [2.45, 2.75) is 50.5 Å². The lowest BCUT2D eigenvalue weighted by Crippen LogP contribution is -2.38. The van der Waals surface area contributed by atoms with E-state index in [9.17, 15) is 13.2 Å². The van der Waals surface area contributed by atoms with Gasteiger partial charge in [-0.05, 0) is 26.7 Å². The first kappa shape index (κ1) is 13.2. The number of nitrogens with one attached hydrogen (secondary N) is 2. The van der Waals surface area contributed by atoms with Crippen LogP contribution in [0.4, 0.5) is 0 Å². The minimum absolute atomic E-state index is 0.151. The highest BCUT2D eigenvalue weighted by molar-refractivity contribution is 7.89. The van der Waals surface area contributed by atoms with E-state index in [1.54, 1.807) is 13.8 Å². The quantitative estimate of drug-likeness (QED) is 0.851. The van der Waals surface area contributed by atoms with Crippen LogP contribution in [-0.4, -0.2) is 30.4 Å². The van der Waals surface area contributed by atoms with Crippen LogP contribution in [0.15, 0.2) is 4.90 Å². The maximum Gasteiger partial charge on any atom is 0.244 e. The zero-order chi connectivity index (χ0) is 13.3. The first-order valence-corrected chi connectivity index (χ1v) is 7.44. The largest absolute Gasteiger partial charge is 0.300 e. The van der Waals surface area contributed by atoms with Crippen LogP contribution in [0.5, 0.6) is 0 Å². The van der Waals surface area contributed by atoms with Gasteiger partial charge in [0.15, 0.2) is 0 Å². The van der Waals surface area contributed by atoms with Crippen LogP contribution in [0.2, 0.25) is 0 Å². The lowest BCUT2D eigenvalue weighted by atomic mass is 9.95. The molecule has 1 saturated carbocycles. The fraction of sp³-hybridized carbons (Fsp3) is 0.636. The Morgan fingerprint density at radius 2 is 1.89 bits per heavy atom. The second kappa shape index (κ2) is 4.81. The number of carbonyl (C=O) groups excluding carboxylic acids is 1. The van der Waals surface area contributed by atoms with Gasteiger partial charge in [-0.2, -0.15) is 5.10 Å². The number of nitrogens with zero attached hydrogens (tertiary/aromatic N) is 1. The molecule has 2 N–H and O–H groups in total. The first-order chi connectivity index (χ1) is 8.40. The summed E-state index contributed by atoms with van der Waals surface area (Å²) in [6.07, 6.45) is 2.06. The number of ketones is 1. The van der Waals surface area contributed by atoms with Gasteiger partial charge < -0.3 is 0 Å². The van der Waals surface area contributed by atoms with Crippen molar-refractivity contribution in [3.8, 4) is 0 Å². The highest BCUT2D eigenvalue weighted by Gasteiger charge is 2.27. The molecule has 0 radical (unpaired) electrons. The van der Waals surface area contributed by atoms with Gasteiger partial charge in [-0.25, -0.2) is 13.1 Å².